The van der Waals surface area contributed by atoms with Crippen LogP contribution >= 0.6 is 7.14 Å². The van der Waals surface area contributed by atoms with Crippen molar-refractivity contribution in [1.82, 2.24) is 0 Å². The van der Waals surface area contributed by atoms with Crippen molar-refractivity contribution in [1.29, 1.82) is 0 Å². The van der Waals surface area contributed by atoms with Gasteiger partial charge in [-0.25, -0.2) is 8.42 Å². The molecule has 1 spiro atoms. The highest BCUT2D eigenvalue weighted by molar-refractivity contribution is 7.92. The average molecular weight is 264 g/mol. The molecular formula is C11H21O3PS. The lowest BCUT2D eigenvalue weighted by molar-refractivity contribution is 0.295. The summed E-state index contributed by atoms with van der Waals surface area (Å²) in [6, 6.07) is 0. The van der Waals surface area contributed by atoms with E-state index in [-0.39, 0.29) is 10.6 Å². The molecule has 0 aromatic rings. The SMILES string of the molecule is CC(C)(C)P1(=O)CCC2(CC1)CS(=O)(=O)C2. The van der Waals surface area contributed by atoms with Gasteiger partial charge in [-0.05, 0) is 18.3 Å². The Bertz CT molecular complexity index is 418. The van der Waals surface area contributed by atoms with Gasteiger partial charge in [0.15, 0.2) is 9.84 Å². The number of sulfone groups is 1. The number of rotatable bonds is 0. The second-order valence-corrected chi connectivity index (χ2v) is 12.6. The van der Waals surface area contributed by atoms with Crippen LogP contribution < -0.4 is 0 Å². The van der Waals surface area contributed by atoms with E-state index in [0.29, 0.717) is 11.5 Å². The fraction of sp³-hybridized carbons (Fsp3) is 1.00. The van der Waals surface area contributed by atoms with E-state index in [1.807, 2.05) is 20.8 Å². The summed E-state index contributed by atoms with van der Waals surface area (Å²) in [5.41, 5.74) is -0.00199. The summed E-state index contributed by atoms with van der Waals surface area (Å²) in [6.07, 6.45) is 3.18. The standard InChI is InChI=1S/C11H21O3PS/c1-10(2,3)15(12)6-4-11(5-7-15)8-16(13,14)9-11/h4-9H2,1-3H3. The van der Waals surface area contributed by atoms with Crippen molar-refractivity contribution in [2.24, 2.45) is 5.41 Å². The summed E-state index contributed by atoms with van der Waals surface area (Å²) in [7, 11) is -4.85. The van der Waals surface area contributed by atoms with Crippen LogP contribution in [0.25, 0.3) is 0 Å². The minimum absolute atomic E-state index is 0.00199. The first kappa shape index (κ1) is 12.6. The summed E-state index contributed by atoms with van der Waals surface area (Å²) in [5, 5.41) is -0.114. The highest BCUT2D eigenvalue weighted by Gasteiger charge is 2.53. The first-order valence-corrected chi connectivity index (χ1v) is 9.76. The minimum Gasteiger partial charge on any atom is -0.323 e. The molecule has 2 rings (SSSR count). The van der Waals surface area contributed by atoms with Gasteiger partial charge in [-0.1, -0.05) is 20.8 Å². The van der Waals surface area contributed by atoms with Crippen LogP contribution in [0.1, 0.15) is 33.6 Å². The molecule has 0 aliphatic carbocycles. The van der Waals surface area contributed by atoms with Crippen LogP contribution in [0.4, 0.5) is 0 Å². The Labute approximate surface area is 98.3 Å². The van der Waals surface area contributed by atoms with E-state index < -0.39 is 17.0 Å². The average Bonchev–Trinajstić information content (AvgIpc) is 2.05. The third-order valence-electron chi connectivity index (χ3n) is 4.28. The van der Waals surface area contributed by atoms with Crippen LogP contribution in [0, 0.1) is 5.41 Å². The van der Waals surface area contributed by atoms with Crippen molar-refractivity contribution in [3.05, 3.63) is 0 Å². The van der Waals surface area contributed by atoms with Gasteiger partial charge in [0.05, 0.1) is 18.6 Å². The lowest BCUT2D eigenvalue weighted by Gasteiger charge is -2.48. The van der Waals surface area contributed by atoms with Crippen molar-refractivity contribution >= 4 is 17.0 Å². The van der Waals surface area contributed by atoms with E-state index >= 15 is 0 Å². The second kappa shape index (κ2) is 3.35. The molecule has 0 bridgehead atoms. The van der Waals surface area contributed by atoms with Gasteiger partial charge in [0.1, 0.15) is 0 Å². The van der Waals surface area contributed by atoms with Gasteiger partial charge in [0.2, 0.25) is 0 Å². The van der Waals surface area contributed by atoms with Crippen LogP contribution in [0.3, 0.4) is 0 Å². The highest BCUT2D eigenvalue weighted by atomic mass is 32.2. The Morgan fingerprint density at radius 3 is 1.81 bits per heavy atom. The topological polar surface area (TPSA) is 51.2 Å². The molecule has 0 aromatic heterocycles. The molecule has 0 aromatic carbocycles. The zero-order chi connectivity index (χ0) is 12.2. The maximum Gasteiger partial charge on any atom is 0.151 e. The van der Waals surface area contributed by atoms with Gasteiger partial charge in [0.25, 0.3) is 0 Å². The number of hydrogen-bond donors (Lipinski definition) is 0. The van der Waals surface area contributed by atoms with Crippen molar-refractivity contribution in [3.8, 4) is 0 Å². The molecule has 2 saturated heterocycles. The Morgan fingerprint density at radius 1 is 1.06 bits per heavy atom. The maximum absolute atomic E-state index is 12.7. The Morgan fingerprint density at radius 2 is 1.50 bits per heavy atom. The quantitative estimate of drug-likeness (QED) is 0.631. The second-order valence-electron chi connectivity index (χ2n) is 6.54. The van der Waals surface area contributed by atoms with Gasteiger partial charge in [0, 0.05) is 17.5 Å². The molecule has 0 N–H and O–H groups in total. The van der Waals surface area contributed by atoms with Gasteiger partial charge in [-0.3, -0.25) is 0 Å². The van der Waals surface area contributed by atoms with E-state index in [2.05, 4.69) is 0 Å². The molecule has 94 valence electrons. The first-order chi connectivity index (χ1) is 7.08. The zero-order valence-corrected chi connectivity index (χ0v) is 12.0. The maximum atomic E-state index is 12.7. The molecule has 2 fully saturated rings. The van der Waals surface area contributed by atoms with Gasteiger partial charge < -0.3 is 4.57 Å². The monoisotopic (exact) mass is 264 g/mol. The van der Waals surface area contributed by atoms with Crippen molar-refractivity contribution in [2.75, 3.05) is 23.8 Å². The van der Waals surface area contributed by atoms with E-state index in [9.17, 15) is 13.0 Å². The predicted octanol–water partition coefficient (Wildman–Crippen LogP) is 2.36. The normalized spacial score (nSPS) is 30.9. The molecule has 0 amide bonds. The molecule has 2 heterocycles. The molecule has 2 aliphatic heterocycles. The van der Waals surface area contributed by atoms with E-state index in [0.717, 1.165) is 25.2 Å². The molecule has 0 radical (unpaired) electrons. The third kappa shape index (κ3) is 1.99. The van der Waals surface area contributed by atoms with Crippen molar-refractivity contribution < 1.29 is 13.0 Å². The number of hydrogen-bond acceptors (Lipinski definition) is 3. The van der Waals surface area contributed by atoms with Crippen LogP contribution in [0.5, 0.6) is 0 Å². The Balaban J connectivity index is 2.07. The van der Waals surface area contributed by atoms with E-state index in [4.69, 9.17) is 0 Å². The van der Waals surface area contributed by atoms with E-state index in [1.165, 1.54) is 0 Å². The summed E-state index contributed by atoms with van der Waals surface area (Å²) >= 11 is 0. The van der Waals surface area contributed by atoms with E-state index in [1.54, 1.807) is 0 Å². The summed E-state index contributed by atoms with van der Waals surface area (Å²) in [5.74, 6) is 0.675. The fourth-order valence-corrected chi connectivity index (χ4v) is 8.52. The predicted molar refractivity (Wildman–Crippen MR) is 67.4 cm³/mol. The Hall–Kier alpha value is 0.180. The molecular weight excluding hydrogens is 243 g/mol. The first-order valence-electron chi connectivity index (χ1n) is 5.86. The summed E-state index contributed by atoms with van der Waals surface area (Å²) in [6.45, 7) is 6.13. The van der Waals surface area contributed by atoms with Crippen molar-refractivity contribution in [3.63, 3.8) is 0 Å². The van der Waals surface area contributed by atoms with Gasteiger partial charge in [-0.15, -0.1) is 0 Å². The largest absolute Gasteiger partial charge is 0.323 e. The highest BCUT2D eigenvalue weighted by Crippen LogP contribution is 2.64. The molecule has 5 heteroatoms. The molecule has 0 atom stereocenters. The fourth-order valence-electron chi connectivity index (χ4n) is 2.92. The lowest BCUT2D eigenvalue weighted by Crippen LogP contribution is -2.51. The third-order valence-corrected chi connectivity index (χ3v) is 10.7. The molecule has 3 nitrogen and oxygen atoms in total. The molecule has 2 aliphatic rings. The zero-order valence-electron chi connectivity index (χ0n) is 10.3. The van der Waals surface area contributed by atoms with Crippen molar-refractivity contribution in [2.45, 2.75) is 38.8 Å². The smallest absolute Gasteiger partial charge is 0.151 e. The minimum atomic E-state index is -2.75. The van der Waals surface area contributed by atoms with Crippen LogP contribution in [0.2, 0.25) is 0 Å². The van der Waals surface area contributed by atoms with Crippen LogP contribution in [0.15, 0.2) is 0 Å². The summed E-state index contributed by atoms with van der Waals surface area (Å²) < 4.78 is 35.2. The van der Waals surface area contributed by atoms with Gasteiger partial charge >= 0.3 is 0 Å². The molecule has 0 saturated carbocycles. The summed E-state index contributed by atoms with van der Waals surface area (Å²) in [4.78, 5) is 0. The molecule has 0 unspecified atom stereocenters. The van der Waals surface area contributed by atoms with Crippen LogP contribution in [-0.2, 0) is 14.4 Å². The Kier molecular flexibility index (Phi) is 2.65. The van der Waals surface area contributed by atoms with Crippen LogP contribution in [-0.4, -0.2) is 37.4 Å². The van der Waals surface area contributed by atoms with Gasteiger partial charge in [-0.2, -0.15) is 0 Å². The lowest BCUT2D eigenvalue weighted by atomic mass is 9.85. The molecule has 16 heavy (non-hydrogen) atoms.